The minimum absolute atomic E-state index is 0.260. The fourth-order valence-corrected chi connectivity index (χ4v) is 3.55. The lowest BCUT2D eigenvalue weighted by atomic mass is 9.99. The lowest BCUT2D eigenvalue weighted by Gasteiger charge is -2.30. The summed E-state index contributed by atoms with van der Waals surface area (Å²) in [6, 6.07) is 15.4. The highest BCUT2D eigenvalue weighted by Gasteiger charge is 2.16. The molecule has 26 heavy (non-hydrogen) atoms. The molecule has 1 atom stereocenters. The summed E-state index contributed by atoms with van der Waals surface area (Å²) in [7, 11) is 0. The van der Waals surface area contributed by atoms with Crippen molar-refractivity contribution in [3.05, 3.63) is 64.7 Å². The number of hydrogen-bond donors (Lipinski definition) is 2. The number of halogens is 1. The summed E-state index contributed by atoms with van der Waals surface area (Å²) in [5.41, 5.74) is 3.01. The molecule has 1 aliphatic rings. The molecule has 1 aliphatic heterocycles. The number of carbonyl (C=O) groups is 1. The Morgan fingerprint density at radius 3 is 2.62 bits per heavy atom. The van der Waals surface area contributed by atoms with Crippen LogP contribution in [0.2, 0.25) is 5.02 Å². The summed E-state index contributed by atoms with van der Waals surface area (Å²) < 4.78 is 0. The van der Waals surface area contributed by atoms with Gasteiger partial charge in [0.2, 0.25) is 0 Å². The van der Waals surface area contributed by atoms with Gasteiger partial charge < -0.3 is 10.6 Å². The molecule has 0 radical (unpaired) electrons. The van der Waals surface area contributed by atoms with E-state index in [1.165, 1.54) is 31.5 Å². The van der Waals surface area contributed by atoms with E-state index in [1.807, 2.05) is 12.1 Å². The molecule has 5 heteroatoms. The molecular formula is C21H26ClN3O. The number of carbonyl (C=O) groups excluding carboxylic acids is 1. The summed E-state index contributed by atoms with van der Waals surface area (Å²) in [4.78, 5) is 14.5. The van der Waals surface area contributed by atoms with Crippen molar-refractivity contribution in [2.24, 2.45) is 5.92 Å². The second-order valence-electron chi connectivity index (χ2n) is 7.09. The van der Waals surface area contributed by atoms with Crippen molar-refractivity contribution in [3.8, 4) is 0 Å². The molecule has 4 nitrogen and oxygen atoms in total. The van der Waals surface area contributed by atoms with Crippen LogP contribution in [0.25, 0.3) is 0 Å². The maximum absolute atomic E-state index is 12.0. The van der Waals surface area contributed by atoms with E-state index in [0.717, 1.165) is 18.0 Å². The first-order chi connectivity index (χ1) is 12.6. The Kier molecular flexibility index (Phi) is 6.53. The fraction of sp³-hybridized carbons (Fsp3) is 0.381. The van der Waals surface area contributed by atoms with Crippen LogP contribution < -0.4 is 10.6 Å². The van der Waals surface area contributed by atoms with Crippen LogP contribution in [0.3, 0.4) is 0 Å². The highest BCUT2D eigenvalue weighted by atomic mass is 35.5. The van der Waals surface area contributed by atoms with Crippen LogP contribution in [-0.4, -0.2) is 24.0 Å². The normalized spacial score (nSPS) is 17.7. The number of anilines is 1. The number of rotatable bonds is 5. The summed E-state index contributed by atoms with van der Waals surface area (Å²) in [6.45, 7) is 6.19. The molecule has 2 N–H and O–H groups in total. The van der Waals surface area contributed by atoms with Gasteiger partial charge in [-0.2, -0.15) is 0 Å². The second-order valence-corrected chi connectivity index (χ2v) is 7.49. The van der Waals surface area contributed by atoms with Crippen LogP contribution in [0.4, 0.5) is 10.5 Å². The zero-order chi connectivity index (χ0) is 18.4. The number of benzene rings is 2. The van der Waals surface area contributed by atoms with Crippen molar-refractivity contribution in [2.45, 2.75) is 32.9 Å². The third kappa shape index (κ3) is 5.48. The average Bonchev–Trinajstić information content (AvgIpc) is 2.63. The van der Waals surface area contributed by atoms with Gasteiger partial charge in [-0.15, -0.1) is 0 Å². The average molecular weight is 372 g/mol. The van der Waals surface area contributed by atoms with Crippen molar-refractivity contribution in [1.29, 1.82) is 0 Å². The SMILES string of the molecule is C[C@@H]1CCCN(Cc2ccc(CNC(=O)Nc3ccccc3Cl)cc2)C1. The van der Waals surface area contributed by atoms with Crippen LogP contribution in [0, 0.1) is 5.92 Å². The first kappa shape index (κ1) is 18.7. The van der Waals surface area contributed by atoms with Crippen LogP contribution in [0.15, 0.2) is 48.5 Å². The Morgan fingerprint density at radius 1 is 1.15 bits per heavy atom. The van der Waals surface area contributed by atoms with E-state index < -0.39 is 0 Å². The lowest BCUT2D eigenvalue weighted by Crippen LogP contribution is -2.33. The predicted molar refractivity (Wildman–Crippen MR) is 107 cm³/mol. The van der Waals surface area contributed by atoms with E-state index in [9.17, 15) is 4.79 Å². The zero-order valence-electron chi connectivity index (χ0n) is 15.2. The Hall–Kier alpha value is -2.04. The molecule has 0 bridgehead atoms. The fourth-order valence-electron chi connectivity index (χ4n) is 3.36. The molecule has 138 valence electrons. The van der Waals surface area contributed by atoms with E-state index in [4.69, 9.17) is 11.6 Å². The summed E-state index contributed by atoms with van der Waals surface area (Å²) in [5.74, 6) is 0.795. The minimum Gasteiger partial charge on any atom is -0.334 e. The third-order valence-corrected chi connectivity index (χ3v) is 5.08. The van der Waals surface area contributed by atoms with Crippen molar-refractivity contribution < 1.29 is 4.79 Å². The molecule has 2 aromatic carbocycles. The molecule has 2 amide bonds. The Morgan fingerprint density at radius 2 is 1.88 bits per heavy atom. The number of piperidine rings is 1. The van der Waals surface area contributed by atoms with Crippen molar-refractivity contribution in [2.75, 3.05) is 18.4 Å². The van der Waals surface area contributed by atoms with Gasteiger partial charge in [0.25, 0.3) is 0 Å². The van der Waals surface area contributed by atoms with E-state index in [1.54, 1.807) is 12.1 Å². The third-order valence-electron chi connectivity index (χ3n) is 4.75. The maximum Gasteiger partial charge on any atom is 0.319 e. The molecule has 0 aromatic heterocycles. The number of urea groups is 1. The van der Waals surface area contributed by atoms with E-state index in [-0.39, 0.29) is 6.03 Å². The van der Waals surface area contributed by atoms with Gasteiger partial charge in [0.15, 0.2) is 0 Å². The molecule has 0 aliphatic carbocycles. The standard InChI is InChI=1S/C21H26ClN3O/c1-16-5-4-12-25(14-16)15-18-10-8-17(9-11-18)13-23-21(26)24-20-7-3-2-6-19(20)22/h2-3,6-11,16H,4-5,12-15H2,1H3,(H2,23,24,26)/t16-/m1/s1. The lowest BCUT2D eigenvalue weighted by molar-refractivity contribution is 0.176. The Bertz CT molecular complexity index is 732. The van der Waals surface area contributed by atoms with Gasteiger partial charge in [0, 0.05) is 19.6 Å². The molecule has 1 heterocycles. The van der Waals surface area contributed by atoms with E-state index >= 15 is 0 Å². The summed E-state index contributed by atoms with van der Waals surface area (Å²) in [5, 5.41) is 6.15. The molecule has 0 saturated carbocycles. The first-order valence-electron chi connectivity index (χ1n) is 9.20. The van der Waals surface area contributed by atoms with Crippen LogP contribution >= 0.6 is 11.6 Å². The van der Waals surface area contributed by atoms with E-state index in [2.05, 4.69) is 46.7 Å². The van der Waals surface area contributed by atoms with Crippen LogP contribution in [0.5, 0.6) is 0 Å². The highest BCUT2D eigenvalue weighted by Crippen LogP contribution is 2.20. The van der Waals surface area contributed by atoms with Gasteiger partial charge in [0.1, 0.15) is 0 Å². The number of amides is 2. The Labute approximate surface area is 160 Å². The first-order valence-corrected chi connectivity index (χ1v) is 9.57. The number of nitrogens with one attached hydrogen (secondary N) is 2. The van der Waals surface area contributed by atoms with Gasteiger partial charge in [-0.1, -0.05) is 54.9 Å². The van der Waals surface area contributed by atoms with Gasteiger partial charge >= 0.3 is 6.03 Å². The maximum atomic E-state index is 12.0. The van der Waals surface area contributed by atoms with Crippen LogP contribution in [-0.2, 0) is 13.1 Å². The zero-order valence-corrected chi connectivity index (χ0v) is 15.9. The van der Waals surface area contributed by atoms with Gasteiger partial charge in [-0.05, 0) is 48.6 Å². The molecule has 0 spiro atoms. The van der Waals surface area contributed by atoms with Crippen molar-refractivity contribution in [1.82, 2.24) is 10.2 Å². The number of hydrogen-bond acceptors (Lipinski definition) is 2. The number of nitrogens with zero attached hydrogens (tertiary/aromatic N) is 1. The molecule has 0 unspecified atom stereocenters. The molecule has 3 rings (SSSR count). The van der Waals surface area contributed by atoms with Gasteiger partial charge in [-0.25, -0.2) is 4.79 Å². The quantitative estimate of drug-likeness (QED) is 0.785. The number of likely N-dealkylation sites (tertiary alicyclic amines) is 1. The minimum atomic E-state index is -0.260. The molecule has 1 fully saturated rings. The molecular weight excluding hydrogens is 346 g/mol. The largest absolute Gasteiger partial charge is 0.334 e. The molecule has 1 saturated heterocycles. The van der Waals surface area contributed by atoms with Crippen molar-refractivity contribution >= 4 is 23.3 Å². The van der Waals surface area contributed by atoms with Gasteiger partial charge in [-0.3, -0.25) is 4.90 Å². The highest BCUT2D eigenvalue weighted by molar-refractivity contribution is 6.33. The predicted octanol–water partition coefficient (Wildman–Crippen LogP) is 4.89. The smallest absolute Gasteiger partial charge is 0.319 e. The van der Waals surface area contributed by atoms with E-state index in [0.29, 0.717) is 17.3 Å². The molecule has 2 aromatic rings. The topological polar surface area (TPSA) is 44.4 Å². The monoisotopic (exact) mass is 371 g/mol. The van der Waals surface area contributed by atoms with Crippen LogP contribution in [0.1, 0.15) is 30.9 Å². The van der Waals surface area contributed by atoms with Crippen molar-refractivity contribution in [3.63, 3.8) is 0 Å². The second kappa shape index (κ2) is 9.06. The summed E-state index contributed by atoms with van der Waals surface area (Å²) in [6.07, 6.45) is 2.64. The Balaban J connectivity index is 1.46. The van der Waals surface area contributed by atoms with Gasteiger partial charge in [0.05, 0.1) is 10.7 Å². The summed E-state index contributed by atoms with van der Waals surface area (Å²) >= 11 is 6.05. The number of para-hydroxylation sites is 1.